The van der Waals surface area contributed by atoms with E-state index in [1.807, 2.05) is 6.92 Å². The molecule has 0 N–H and O–H groups in total. The minimum Gasteiger partial charge on any atom is -0.418 e. The number of halogens is 1. The maximum Gasteiger partial charge on any atom is 0.416 e. The van der Waals surface area contributed by atoms with Gasteiger partial charge in [-0.25, -0.2) is 4.79 Å². The molecule has 0 fully saturated rings. The standard InChI is InChI=1S/C10H6ClNO4/c1-5-2-3-7-6(4-5)8(11)9(12(14)15)10(13)16-7/h2-4H,1H3. The highest BCUT2D eigenvalue weighted by Gasteiger charge is 2.22. The molecule has 0 atom stereocenters. The average molecular weight is 240 g/mol. The second-order valence-electron chi connectivity index (χ2n) is 3.31. The van der Waals surface area contributed by atoms with Crippen LogP contribution in [0.3, 0.4) is 0 Å². The van der Waals surface area contributed by atoms with Crippen LogP contribution in [-0.2, 0) is 0 Å². The lowest BCUT2D eigenvalue weighted by Crippen LogP contribution is -2.07. The minimum absolute atomic E-state index is 0.181. The van der Waals surface area contributed by atoms with Gasteiger partial charge in [0.25, 0.3) is 0 Å². The third-order valence-electron chi connectivity index (χ3n) is 2.16. The van der Waals surface area contributed by atoms with Crippen molar-refractivity contribution in [2.24, 2.45) is 0 Å². The molecule has 0 unspecified atom stereocenters. The summed E-state index contributed by atoms with van der Waals surface area (Å²) in [6.07, 6.45) is 0. The van der Waals surface area contributed by atoms with Crippen molar-refractivity contribution in [1.29, 1.82) is 0 Å². The van der Waals surface area contributed by atoms with Crippen molar-refractivity contribution in [1.82, 2.24) is 0 Å². The molecule has 0 bridgehead atoms. The quantitative estimate of drug-likeness (QED) is 0.436. The number of aryl methyl sites for hydroxylation is 1. The molecular weight excluding hydrogens is 234 g/mol. The van der Waals surface area contributed by atoms with Gasteiger partial charge in [0, 0.05) is 5.39 Å². The second-order valence-corrected chi connectivity index (χ2v) is 3.69. The Hall–Kier alpha value is -1.88. The van der Waals surface area contributed by atoms with Gasteiger partial charge < -0.3 is 4.42 Å². The van der Waals surface area contributed by atoms with E-state index in [1.54, 1.807) is 18.2 Å². The predicted octanol–water partition coefficient (Wildman–Crippen LogP) is 2.66. The maximum absolute atomic E-state index is 11.3. The Labute approximate surface area is 94.4 Å². The van der Waals surface area contributed by atoms with Gasteiger partial charge in [0.2, 0.25) is 0 Å². The summed E-state index contributed by atoms with van der Waals surface area (Å²) in [7, 11) is 0. The molecule has 1 aromatic heterocycles. The Morgan fingerprint density at radius 2 is 2.12 bits per heavy atom. The molecule has 1 aromatic carbocycles. The molecule has 0 aliphatic heterocycles. The minimum atomic E-state index is -1.04. The van der Waals surface area contributed by atoms with Gasteiger partial charge in [-0.05, 0) is 19.1 Å². The van der Waals surface area contributed by atoms with Crippen LogP contribution in [0.25, 0.3) is 11.0 Å². The Morgan fingerprint density at radius 3 is 2.75 bits per heavy atom. The molecule has 0 radical (unpaired) electrons. The van der Waals surface area contributed by atoms with Crippen molar-refractivity contribution in [3.63, 3.8) is 0 Å². The lowest BCUT2D eigenvalue weighted by molar-refractivity contribution is -0.387. The smallest absolute Gasteiger partial charge is 0.416 e. The molecule has 0 aliphatic carbocycles. The number of hydrogen-bond donors (Lipinski definition) is 0. The molecule has 0 spiro atoms. The largest absolute Gasteiger partial charge is 0.418 e. The van der Waals surface area contributed by atoms with E-state index in [0.717, 1.165) is 5.56 Å². The summed E-state index contributed by atoms with van der Waals surface area (Å²) in [6.45, 7) is 1.81. The van der Waals surface area contributed by atoms with Crippen LogP contribution in [0.5, 0.6) is 0 Å². The van der Waals surface area contributed by atoms with E-state index in [1.165, 1.54) is 0 Å². The fourth-order valence-corrected chi connectivity index (χ4v) is 1.72. The van der Waals surface area contributed by atoms with Gasteiger partial charge in [0.15, 0.2) is 0 Å². The molecule has 2 aromatic rings. The van der Waals surface area contributed by atoms with Crippen LogP contribution in [0, 0.1) is 17.0 Å². The van der Waals surface area contributed by atoms with Crippen LogP contribution in [0.15, 0.2) is 27.4 Å². The van der Waals surface area contributed by atoms with Gasteiger partial charge in [-0.15, -0.1) is 0 Å². The van der Waals surface area contributed by atoms with Crippen molar-refractivity contribution in [2.75, 3.05) is 0 Å². The van der Waals surface area contributed by atoms with E-state index in [-0.39, 0.29) is 10.6 Å². The molecule has 0 aliphatic rings. The molecule has 5 nitrogen and oxygen atoms in total. The van der Waals surface area contributed by atoms with Crippen LogP contribution in [-0.4, -0.2) is 4.92 Å². The number of nitro groups is 1. The first-order chi connectivity index (χ1) is 7.50. The molecule has 6 heteroatoms. The van der Waals surface area contributed by atoms with Crippen molar-refractivity contribution in [3.8, 4) is 0 Å². The van der Waals surface area contributed by atoms with E-state index in [9.17, 15) is 14.9 Å². The van der Waals surface area contributed by atoms with Crippen molar-refractivity contribution in [3.05, 3.63) is 49.3 Å². The third kappa shape index (κ3) is 1.55. The van der Waals surface area contributed by atoms with Gasteiger partial charge in [-0.3, -0.25) is 10.1 Å². The molecule has 0 saturated carbocycles. The van der Waals surface area contributed by atoms with Crippen LogP contribution in [0.4, 0.5) is 5.69 Å². The summed E-state index contributed by atoms with van der Waals surface area (Å²) >= 11 is 5.81. The van der Waals surface area contributed by atoms with Crippen LogP contribution < -0.4 is 5.63 Å². The summed E-state index contributed by atoms with van der Waals surface area (Å²) in [6, 6.07) is 4.92. The highest BCUT2D eigenvalue weighted by molar-refractivity contribution is 6.37. The Morgan fingerprint density at radius 1 is 1.44 bits per heavy atom. The lowest BCUT2D eigenvalue weighted by atomic mass is 10.1. The molecular formula is C10H6ClNO4. The highest BCUT2D eigenvalue weighted by Crippen LogP contribution is 2.29. The van der Waals surface area contributed by atoms with Crippen molar-refractivity contribution >= 4 is 28.3 Å². The number of fused-ring (bicyclic) bond motifs is 1. The highest BCUT2D eigenvalue weighted by atomic mass is 35.5. The number of rotatable bonds is 1. The normalized spacial score (nSPS) is 10.6. The van der Waals surface area contributed by atoms with Gasteiger partial charge in [0.1, 0.15) is 10.6 Å². The molecule has 0 amide bonds. The Balaban J connectivity index is 2.96. The Bertz CT molecular complexity index is 647. The first-order valence-electron chi connectivity index (χ1n) is 4.38. The third-order valence-corrected chi connectivity index (χ3v) is 2.54. The van der Waals surface area contributed by atoms with Gasteiger partial charge >= 0.3 is 11.3 Å². The average Bonchev–Trinajstić information content (AvgIpc) is 2.19. The van der Waals surface area contributed by atoms with E-state index in [4.69, 9.17) is 16.0 Å². The fraction of sp³-hybridized carbons (Fsp3) is 0.100. The molecule has 16 heavy (non-hydrogen) atoms. The molecule has 2 rings (SSSR count). The summed E-state index contributed by atoms with van der Waals surface area (Å²) in [5.74, 6) is 0. The van der Waals surface area contributed by atoms with E-state index in [2.05, 4.69) is 0 Å². The zero-order chi connectivity index (χ0) is 11.9. The predicted molar refractivity (Wildman–Crippen MR) is 58.9 cm³/mol. The van der Waals surface area contributed by atoms with Crippen LogP contribution in [0.2, 0.25) is 5.02 Å². The first kappa shape index (κ1) is 10.6. The lowest BCUT2D eigenvalue weighted by Gasteiger charge is -2.00. The van der Waals surface area contributed by atoms with Crippen LogP contribution in [0.1, 0.15) is 5.56 Å². The SMILES string of the molecule is Cc1ccc2oc(=O)c([N+](=O)[O-])c(Cl)c2c1. The van der Waals surface area contributed by atoms with Crippen LogP contribution >= 0.6 is 11.6 Å². The van der Waals surface area contributed by atoms with Crippen molar-refractivity contribution in [2.45, 2.75) is 6.92 Å². The van der Waals surface area contributed by atoms with E-state index in [0.29, 0.717) is 5.39 Å². The monoisotopic (exact) mass is 239 g/mol. The zero-order valence-corrected chi connectivity index (χ0v) is 8.95. The van der Waals surface area contributed by atoms with Crippen molar-refractivity contribution < 1.29 is 9.34 Å². The summed E-state index contributed by atoms with van der Waals surface area (Å²) in [4.78, 5) is 21.1. The number of hydrogen-bond acceptors (Lipinski definition) is 4. The topological polar surface area (TPSA) is 73.3 Å². The maximum atomic E-state index is 11.3. The molecule has 82 valence electrons. The number of benzene rings is 1. The van der Waals surface area contributed by atoms with Gasteiger partial charge in [-0.2, -0.15) is 0 Å². The zero-order valence-electron chi connectivity index (χ0n) is 8.19. The van der Waals surface area contributed by atoms with Gasteiger partial charge in [0.05, 0.1) is 4.92 Å². The number of nitrogens with zero attached hydrogens (tertiary/aromatic N) is 1. The Kier molecular flexibility index (Phi) is 2.40. The van der Waals surface area contributed by atoms with E-state index < -0.39 is 16.2 Å². The first-order valence-corrected chi connectivity index (χ1v) is 4.76. The second kappa shape index (κ2) is 3.61. The van der Waals surface area contributed by atoms with Gasteiger partial charge in [-0.1, -0.05) is 23.2 Å². The summed E-state index contributed by atoms with van der Waals surface area (Å²) in [5.41, 5.74) is -0.644. The summed E-state index contributed by atoms with van der Waals surface area (Å²) < 4.78 is 4.81. The molecule has 1 heterocycles. The fourth-order valence-electron chi connectivity index (χ4n) is 1.42. The summed E-state index contributed by atoms with van der Waals surface area (Å²) in [5, 5.41) is 10.8. The molecule has 0 saturated heterocycles. The van der Waals surface area contributed by atoms with E-state index >= 15 is 0 Å².